The molecule has 1 aromatic rings. The number of ether oxygens (including phenoxy) is 1. The van der Waals surface area contributed by atoms with Crippen molar-refractivity contribution >= 4 is 17.6 Å². The van der Waals surface area contributed by atoms with E-state index in [0.29, 0.717) is 18.3 Å². The van der Waals surface area contributed by atoms with E-state index in [9.17, 15) is 9.59 Å². The van der Waals surface area contributed by atoms with Crippen LogP contribution in [0.15, 0.2) is 36.4 Å². The van der Waals surface area contributed by atoms with Crippen LogP contribution >= 0.6 is 0 Å². The minimum absolute atomic E-state index is 0.379. The quantitative estimate of drug-likeness (QED) is 0.386. The molecule has 4 N–H and O–H groups in total. The van der Waals surface area contributed by atoms with Gasteiger partial charge in [0.05, 0.1) is 0 Å². The number of rotatable bonds is 9. The molecule has 1 aromatic carbocycles. The van der Waals surface area contributed by atoms with E-state index in [1.807, 2.05) is 0 Å². The third-order valence-corrected chi connectivity index (χ3v) is 3.92. The largest absolute Gasteiger partial charge is 0.490 e. The molecule has 7 nitrogen and oxygen atoms in total. The second kappa shape index (κ2) is 13.6. The van der Waals surface area contributed by atoms with Crippen molar-refractivity contribution in [3.05, 3.63) is 36.4 Å². The highest BCUT2D eigenvalue weighted by Crippen LogP contribution is 2.19. The van der Waals surface area contributed by atoms with Crippen molar-refractivity contribution < 1.29 is 24.5 Å². The topological polar surface area (TPSA) is 108 Å². The Hall–Kier alpha value is -2.54. The van der Waals surface area contributed by atoms with Crippen LogP contribution < -0.4 is 15.4 Å². The van der Waals surface area contributed by atoms with Crippen LogP contribution in [0.2, 0.25) is 0 Å². The maximum atomic E-state index is 9.55. The number of hydrogen-bond donors (Lipinski definition) is 4. The Morgan fingerprint density at radius 1 is 1.11 bits per heavy atom. The molecule has 0 radical (unpaired) electrons. The van der Waals surface area contributed by atoms with Gasteiger partial charge in [-0.15, -0.1) is 0 Å². The van der Waals surface area contributed by atoms with Crippen LogP contribution in [0.5, 0.6) is 5.75 Å². The van der Waals surface area contributed by atoms with E-state index in [1.54, 1.807) is 0 Å². The summed E-state index contributed by atoms with van der Waals surface area (Å²) < 4.78 is 5.99. The van der Waals surface area contributed by atoms with Gasteiger partial charge in [-0.25, -0.2) is 9.59 Å². The van der Waals surface area contributed by atoms with E-state index >= 15 is 0 Å². The number of benzene rings is 1. The molecule has 7 heteroatoms. The van der Waals surface area contributed by atoms with Crippen LogP contribution in [0.4, 0.5) is 5.69 Å². The first-order valence-electron chi connectivity index (χ1n) is 9.36. The molecule has 27 heavy (non-hydrogen) atoms. The predicted octanol–water partition coefficient (Wildman–Crippen LogP) is 3.13. The van der Waals surface area contributed by atoms with Gasteiger partial charge in [0, 0.05) is 24.4 Å². The van der Waals surface area contributed by atoms with Gasteiger partial charge in [0.25, 0.3) is 0 Å². The summed E-state index contributed by atoms with van der Waals surface area (Å²) in [6.45, 7) is 5.43. The van der Waals surface area contributed by atoms with Gasteiger partial charge in [0.15, 0.2) is 0 Å². The second-order valence-corrected chi connectivity index (χ2v) is 6.24. The molecule has 1 fully saturated rings. The zero-order valence-corrected chi connectivity index (χ0v) is 15.8. The second-order valence-electron chi connectivity index (χ2n) is 6.24. The van der Waals surface area contributed by atoms with Gasteiger partial charge in [0.2, 0.25) is 0 Å². The van der Waals surface area contributed by atoms with Crippen molar-refractivity contribution in [1.82, 2.24) is 5.32 Å². The number of piperidine rings is 1. The van der Waals surface area contributed by atoms with Crippen molar-refractivity contribution in [2.45, 2.75) is 45.1 Å². The van der Waals surface area contributed by atoms with E-state index in [1.165, 1.54) is 24.9 Å². The minimum Gasteiger partial charge on any atom is -0.490 e. The van der Waals surface area contributed by atoms with Gasteiger partial charge in [-0.1, -0.05) is 19.8 Å². The van der Waals surface area contributed by atoms with Gasteiger partial charge >= 0.3 is 11.9 Å². The maximum Gasteiger partial charge on any atom is 0.328 e. The Morgan fingerprint density at radius 3 is 2.22 bits per heavy atom. The van der Waals surface area contributed by atoms with Crippen molar-refractivity contribution in [3.63, 3.8) is 0 Å². The van der Waals surface area contributed by atoms with Gasteiger partial charge in [-0.3, -0.25) is 0 Å². The summed E-state index contributed by atoms with van der Waals surface area (Å²) in [7, 11) is 0. The Kier molecular flexibility index (Phi) is 11.4. The van der Waals surface area contributed by atoms with Crippen molar-refractivity contribution in [2.75, 3.05) is 25.0 Å². The van der Waals surface area contributed by atoms with E-state index in [0.717, 1.165) is 38.2 Å². The summed E-state index contributed by atoms with van der Waals surface area (Å²) in [5.41, 5.74) is 1.19. The highest BCUT2D eigenvalue weighted by atomic mass is 16.5. The molecular weight excluding hydrogens is 348 g/mol. The lowest BCUT2D eigenvalue weighted by molar-refractivity contribution is -0.134. The van der Waals surface area contributed by atoms with Crippen LogP contribution in [0, 0.1) is 0 Å². The number of unbranched alkanes of at least 4 members (excludes halogenated alkanes) is 2. The number of aliphatic carboxylic acids is 2. The summed E-state index contributed by atoms with van der Waals surface area (Å²) in [5, 5.41) is 22.4. The molecule has 0 aliphatic carbocycles. The highest BCUT2D eigenvalue weighted by molar-refractivity contribution is 5.89. The standard InChI is InChI=1S/C16H26N2O.C4H4O4/c1-2-3-4-11-18-14-5-7-15(8-6-14)19-16-9-12-17-13-10-16;5-3(6)1-2-4(7)8/h5-8,16-18H,2-4,9-13H2,1H3;1-2H,(H,5,6)(H,7,8)/b;2-1+. The molecule has 1 aliphatic heterocycles. The van der Waals surface area contributed by atoms with Crippen LogP contribution in [-0.2, 0) is 9.59 Å². The lowest BCUT2D eigenvalue weighted by Crippen LogP contribution is -2.34. The third-order valence-electron chi connectivity index (χ3n) is 3.92. The van der Waals surface area contributed by atoms with E-state index in [-0.39, 0.29) is 0 Å². The number of carbonyl (C=O) groups is 2. The average Bonchev–Trinajstić information content (AvgIpc) is 2.66. The van der Waals surface area contributed by atoms with Crippen molar-refractivity contribution in [2.24, 2.45) is 0 Å². The zero-order chi connectivity index (χ0) is 19.9. The summed E-state index contributed by atoms with van der Waals surface area (Å²) in [5.74, 6) is -1.52. The van der Waals surface area contributed by atoms with E-state index in [2.05, 4.69) is 41.8 Å². The van der Waals surface area contributed by atoms with Gasteiger partial charge in [0.1, 0.15) is 11.9 Å². The van der Waals surface area contributed by atoms with E-state index in [4.69, 9.17) is 14.9 Å². The first-order valence-corrected chi connectivity index (χ1v) is 9.36. The summed E-state index contributed by atoms with van der Waals surface area (Å²) in [4.78, 5) is 19.1. The fourth-order valence-corrected chi connectivity index (χ4v) is 2.51. The SMILES string of the molecule is CCCCCNc1ccc(OC2CCNCC2)cc1.O=C(O)/C=C/C(=O)O. The summed E-state index contributed by atoms with van der Waals surface area (Å²) in [6, 6.07) is 8.37. The molecule has 0 amide bonds. The molecule has 0 aromatic heterocycles. The number of carboxylic acid groups (broad SMARTS) is 2. The Balaban J connectivity index is 0.000000387. The molecule has 0 spiro atoms. The number of anilines is 1. The number of nitrogens with one attached hydrogen (secondary N) is 2. The fourth-order valence-electron chi connectivity index (χ4n) is 2.51. The molecule has 0 unspecified atom stereocenters. The maximum absolute atomic E-state index is 9.55. The molecule has 1 saturated heterocycles. The molecule has 0 atom stereocenters. The van der Waals surface area contributed by atoms with E-state index < -0.39 is 11.9 Å². The molecule has 1 aliphatic rings. The first-order chi connectivity index (χ1) is 13.0. The Morgan fingerprint density at radius 2 is 1.70 bits per heavy atom. The van der Waals surface area contributed by atoms with Gasteiger partial charge in [-0.05, 0) is 56.6 Å². The molecule has 150 valence electrons. The van der Waals surface area contributed by atoms with Crippen LogP contribution in [-0.4, -0.2) is 47.9 Å². The van der Waals surface area contributed by atoms with Crippen LogP contribution in [0.25, 0.3) is 0 Å². The molecule has 1 heterocycles. The average molecular weight is 378 g/mol. The zero-order valence-electron chi connectivity index (χ0n) is 15.8. The fraction of sp³-hybridized carbons (Fsp3) is 0.500. The summed E-state index contributed by atoms with van der Waals surface area (Å²) in [6.07, 6.45) is 7.52. The lowest BCUT2D eigenvalue weighted by atomic mass is 10.1. The Bertz CT molecular complexity index is 565. The number of hydrogen-bond acceptors (Lipinski definition) is 5. The van der Waals surface area contributed by atoms with Crippen molar-refractivity contribution in [1.29, 1.82) is 0 Å². The Labute approximate surface area is 160 Å². The highest BCUT2D eigenvalue weighted by Gasteiger charge is 2.14. The molecule has 0 bridgehead atoms. The molecule has 0 saturated carbocycles. The first kappa shape index (κ1) is 22.5. The normalized spacial score (nSPS) is 14.3. The smallest absolute Gasteiger partial charge is 0.328 e. The molecule has 2 rings (SSSR count). The van der Waals surface area contributed by atoms with Gasteiger partial charge in [-0.2, -0.15) is 0 Å². The summed E-state index contributed by atoms with van der Waals surface area (Å²) >= 11 is 0. The third kappa shape index (κ3) is 11.6. The monoisotopic (exact) mass is 378 g/mol. The molecular formula is C20H30N2O5. The van der Waals surface area contributed by atoms with Crippen molar-refractivity contribution in [3.8, 4) is 5.75 Å². The number of carboxylic acids is 2. The van der Waals surface area contributed by atoms with Crippen LogP contribution in [0.3, 0.4) is 0 Å². The van der Waals surface area contributed by atoms with Crippen LogP contribution in [0.1, 0.15) is 39.0 Å². The lowest BCUT2D eigenvalue weighted by Gasteiger charge is -2.23. The van der Waals surface area contributed by atoms with Gasteiger partial charge < -0.3 is 25.6 Å². The predicted molar refractivity (Wildman–Crippen MR) is 105 cm³/mol. The minimum atomic E-state index is -1.26.